The highest BCUT2D eigenvalue weighted by atomic mass is 127. The summed E-state index contributed by atoms with van der Waals surface area (Å²) in [6, 6.07) is 0. The van der Waals surface area contributed by atoms with E-state index in [1.54, 1.807) is 6.92 Å². The number of piperazine rings is 1. The molecule has 1 rings (SSSR count). The molecule has 1 amide bonds. The minimum absolute atomic E-state index is 0. The van der Waals surface area contributed by atoms with Gasteiger partial charge in [-0.3, -0.25) is 14.7 Å². The number of nitrogens with zero attached hydrogens (tertiary/aromatic N) is 3. The number of nitrogens with one attached hydrogen (secondary N) is 2. The molecule has 1 aliphatic rings. The number of amides is 1. The Bertz CT molecular complexity index is 372. The molecule has 0 radical (unpaired) electrons. The lowest BCUT2D eigenvalue weighted by Gasteiger charge is -2.33. The largest absolute Gasteiger partial charge is 0.357 e. The van der Waals surface area contributed by atoms with E-state index in [2.05, 4.69) is 26.4 Å². The first-order valence-electron chi connectivity index (χ1n) is 7.11. The Kier molecular flexibility index (Phi) is 11.1. The molecule has 0 saturated carbocycles. The molecule has 0 unspecified atom stereocenters. The van der Waals surface area contributed by atoms with Gasteiger partial charge >= 0.3 is 0 Å². The van der Waals surface area contributed by atoms with E-state index < -0.39 is 0 Å². The average Bonchev–Trinajstić information content (AvgIpc) is 2.45. The van der Waals surface area contributed by atoms with E-state index in [-0.39, 0.29) is 29.9 Å². The number of hydrogen-bond donors (Lipinski definition) is 2. The molecule has 0 bridgehead atoms. The van der Waals surface area contributed by atoms with Gasteiger partial charge in [0.05, 0.1) is 13.1 Å². The van der Waals surface area contributed by atoms with Gasteiger partial charge in [-0.25, -0.2) is 0 Å². The second-order valence-corrected chi connectivity index (χ2v) is 4.67. The van der Waals surface area contributed by atoms with Gasteiger partial charge in [0.2, 0.25) is 5.91 Å². The maximum Gasteiger partial charge on any atom is 0.219 e. The van der Waals surface area contributed by atoms with E-state index in [9.17, 15) is 4.79 Å². The van der Waals surface area contributed by atoms with Crippen LogP contribution >= 0.6 is 24.0 Å². The summed E-state index contributed by atoms with van der Waals surface area (Å²) in [6.07, 6.45) is 5.22. The van der Waals surface area contributed by atoms with Crippen LogP contribution in [-0.2, 0) is 4.79 Å². The zero-order valence-corrected chi connectivity index (χ0v) is 15.2. The van der Waals surface area contributed by atoms with Crippen molar-refractivity contribution >= 4 is 35.8 Å². The number of carbonyl (C=O) groups excluding carboxylic acids is 1. The third kappa shape index (κ3) is 8.12. The van der Waals surface area contributed by atoms with Crippen LogP contribution in [0.5, 0.6) is 0 Å². The van der Waals surface area contributed by atoms with Crippen LogP contribution in [0.25, 0.3) is 0 Å². The van der Waals surface area contributed by atoms with Crippen molar-refractivity contribution in [1.82, 2.24) is 20.4 Å². The molecule has 0 spiro atoms. The molecule has 0 aromatic heterocycles. The minimum Gasteiger partial charge on any atom is -0.357 e. The minimum atomic E-state index is 0. The summed E-state index contributed by atoms with van der Waals surface area (Å²) in [5.74, 6) is 3.45. The molecule has 0 atom stereocenters. The van der Waals surface area contributed by atoms with E-state index in [1.165, 1.54) is 0 Å². The summed E-state index contributed by atoms with van der Waals surface area (Å²) < 4.78 is 0. The van der Waals surface area contributed by atoms with Crippen molar-refractivity contribution in [1.29, 1.82) is 0 Å². The number of carbonyl (C=O) groups is 1. The zero-order chi connectivity index (χ0) is 14.8. The first kappa shape index (κ1) is 20.0. The average molecular weight is 407 g/mol. The lowest BCUT2D eigenvalue weighted by molar-refractivity contribution is -0.130. The molecule has 0 aromatic rings. The van der Waals surface area contributed by atoms with Crippen molar-refractivity contribution < 1.29 is 4.79 Å². The van der Waals surface area contributed by atoms with Gasteiger partial charge in [0.25, 0.3) is 0 Å². The lowest BCUT2D eigenvalue weighted by atomic mass is 10.3. The Labute approximate surface area is 144 Å². The number of guanidine groups is 1. The number of hydrogen-bond acceptors (Lipinski definition) is 3. The zero-order valence-electron chi connectivity index (χ0n) is 12.9. The van der Waals surface area contributed by atoms with Crippen LogP contribution in [0.2, 0.25) is 0 Å². The Morgan fingerprint density at radius 1 is 1.29 bits per heavy atom. The second-order valence-electron chi connectivity index (χ2n) is 4.67. The van der Waals surface area contributed by atoms with Crippen molar-refractivity contribution in [2.45, 2.75) is 13.8 Å². The number of aliphatic imine (C=N–C) groups is 1. The summed E-state index contributed by atoms with van der Waals surface area (Å²) in [5.41, 5.74) is 0. The van der Waals surface area contributed by atoms with Crippen molar-refractivity contribution in [3.8, 4) is 12.3 Å². The third-order valence-corrected chi connectivity index (χ3v) is 3.21. The lowest BCUT2D eigenvalue weighted by Crippen LogP contribution is -2.48. The molecule has 0 aliphatic carbocycles. The second kappa shape index (κ2) is 11.6. The number of terminal acetylenes is 1. The molecule has 21 heavy (non-hydrogen) atoms. The van der Waals surface area contributed by atoms with Crippen molar-refractivity contribution in [3.05, 3.63) is 0 Å². The van der Waals surface area contributed by atoms with Gasteiger partial charge in [0.15, 0.2) is 5.96 Å². The van der Waals surface area contributed by atoms with Crippen LogP contribution in [0.3, 0.4) is 0 Å². The SMILES string of the molecule is C#CCNC(=NCCN1CCN(C(C)=O)CC1)NCC.I. The molecule has 1 saturated heterocycles. The van der Waals surface area contributed by atoms with E-state index in [1.807, 2.05) is 11.8 Å². The van der Waals surface area contributed by atoms with E-state index in [0.717, 1.165) is 51.8 Å². The molecule has 6 nitrogen and oxygen atoms in total. The predicted molar refractivity (Wildman–Crippen MR) is 96.9 cm³/mol. The van der Waals surface area contributed by atoms with E-state index in [0.29, 0.717) is 6.54 Å². The van der Waals surface area contributed by atoms with Crippen molar-refractivity contribution in [2.75, 3.05) is 52.4 Å². The Morgan fingerprint density at radius 2 is 1.95 bits per heavy atom. The van der Waals surface area contributed by atoms with Gasteiger partial charge in [-0.2, -0.15) is 0 Å². The summed E-state index contributed by atoms with van der Waals surface area (Å²) in [7, 11) is 0. The maximum atomic E-state index is 11.2. The van der Waals surface area contributed by atoms with Crippen molar-refractivity contribution in [3.63, 3.8) is 0 Å². The highest BCUT2D eigenvalue weighted by Gasteiger charge is 2.17. The van der Waals surface area contributed by atoms with Gasteiger partial charge in [-0.05, 0) is 6.92 Å². The van der Waals surface area contributed by atoms with Gasteiger partial charge < -0.3 is 15.5 Å². The van der Waals surface area contributed by atoms with Crippen LogP contribution < -0.4 is 10.6 Å². The van der Waals surface area contributed by atoms with Crippen LogP contribution in [-0.4, -0.2) is 74.0 Å². The molecular formula is C14H26IN5O. The summed E-state index contributed by atoms with van der Waals surface area (Å²) in [6.45, 7) is 10.0. The number of rotatable bonds is 5. The fourth-order valence-electron chi connectivity index (χ4n) is 2.07. The van der Waals surface area contributed by atoms with E-state index >= 15 is 0 Å². The number of halogens is 1. The summed E-state index contributed by atoms with van der Waals surface area (Å²) >= 11 is 0. The van der Waals surface area contributed by atoms with E-state index in [4.69, 9.17) is 6.42 Å². The van der Waals surface area contributed by atoms with Gasteiger partial charge in [-0.1, -0.05) is 5.92 Å². The molecule has 7 heteroatoms. The molecule has 2 N–H and O–H groups in total. The van der Waals surface area contributed by atoms with Crippen LogP contribution in [0.15, 0.2) is 4.99 Å². The highest BCUT2D eigenvalue weighted by Crippen LogP contribution is 2.01. The molecule has 120 valence electrons. The summed E-state index contributed by atoms with van der Waals surface area (Å²) in [4.78, 5) is 19.9. The highest BCUT2D eigenvalue weighted by molar-refractivity contribution is 14.0. The normalized spacial score (nSPS) is 15.9. The third-order valence-electron chi connectivity index (χ3n) is 3.21. The Balaban J connectivity index is 0.00000400. The fourth-order valence-corrected chi connectivity index (χ4v) is 2.07. The smallest absolute Gasteiger partial charge is 0.219 e. The first-order chi connectivity index (χ1) is 9.67. The Morgan fingerprint density at radius 3 is 2.48 bits per heavy atom. The summed E-state index contributed by atoms with van der Waals surface area (Å²) in [5, 5.41) is 6.21. The maximum absolute atomic E-state index is 11.2. The van der Waals surface area contributed by atoms with Gasteiger partial charge in [0.1, 0.15) is 0 Å². The van der Waals surface area contributed by atoms with Crippen molar-refractivity contribution in [2.24, 2.45) is 4.99 Å². The molecule has 0 aromatic carbocycles. The molecular weight excluding hydrogens is 381 g/mol. The monoisotopic (exact) mass is 407 g/mol. The van der Waals surface area contributed by atoms with Gasteiger partial charge in [0, 0.05) is 46.2 Å². The van der Waals surface area contributed by atoms with Gasteiger partial charge in [-0.15, -0.1) is 30.4 Å². The van der Waals surface area contributed by atoms with Crippen LogP contribution in [0.1, 0.15) is 13.8 Å². The first-order valence-corrected chi connectivity index (χ1v) is 7.11. The quantitative estimate of drug-likeness (QED) is 0.291. The topological polar surface area (TPSA) is 60.0 Å². The fraction of sp³-hybridized carbons (Fsp3) is 0.714. The molecule has 1 heterocycles. The Hall–Kier alpha value is -1.01. The van der Waals surface area contributed by atoms with Crippen LogP contribution in [0, 0.1) is 12.3 Å². The molecule has 1 fully saturated rings. The predicted octanol–water partition coefficient (Wildman–Crippen LogP) is -0.0432. The molecule has 1 aliphatic heterocycles. The van der Waals surface area contributed by atoms with Crippen LogP contribution in [0.4, 0.5) is 0 Å². The standard InChI is InChI=1S/C14H25N5O.HI/c1-4-6-16-14(15-5-2)17-7-8-18-9-11-19(12-10-18)13(3)20;/h1H,5-12H2,2-3H3,(H2,15,16,17);1H.